The van der Waals surface area contributed by atoms with E-state index in [1.165, 1.54) is 12.3 Å². The maximum Gasteiger partial charge on any atom is 0.264 e. The smallest absolute Gasteiger partial charge is 0.264 e. The van der Waals surface area contributed by atoms with Crippen molar-refractivity contribution in [3.05, 3.63) is 52.6 Å². The molecule has 0 fully saturated rings. The molecule has 0 saturated heterocycles. The van der Waals surface area contributed by atoms with Crippen LogP contribution in [0, 0.1) is 6.92 Å². The summed E-state index contributed by atoms with van der Waals surface area (Å²) in [4.78, 5) is 17.1. The van der Waals surface area contributed by atoms with Gasteiger partial charge in [0.05, 0.1) is 0 Å². The number of H-pyrrole nitrogens is 1. The number of hydrogen-bond acceptors (Lipinski definition) is 4. The van der Waals surface area contributed by atoms with Gasteiger partial charge in [-0.2, -0.15) is 0 Å². The van der Waals surface area contributed by atoms with Crippen molar-refractivity contribution in [2.45, 2.75) is 11.8 Å². The standard InChI is InChI=1S/C11H11N3O3S/c1-8-4-5-12-10(6-8)14-18(16,17)9-2-3-11(15)13-7-9/h2-7H,1H3,(H,12,14)(H,13,15). The number of hydrogen-bond donors (Lipinski definition) is 2. The summed E-state index contributed by atoms with van der Waals surface area (Å²) in [5.41, 5.74) is 0.534. The zero-order valence-corrected chi connectivity index (χ0v) is 10.4. The minimum atomic E-state index is -3.73. The van der Waals surface area contributed by atoms with Crippen LogP contribution in [0.15, 0.2) is 46.3 Å². The fourth-order valence-corrected chi connectivity index (χ4v) is 2.32. The monoisotopic (exact) mass is 265 g/mol. The van der Waals surface area contributed by atoms with Gasteiger partial charge in [-0.05, 0) is 30.7 Å². The van der Waals surface area contributed by atoms with Gasteiger partial charge < -0.3 is 4.98 Å². The second-order valence-electron chi connectivity index (χ2n) is 3.71. The number of pyridine rings is 2. The van der Waals surface area contributed by atoms with Crippen molar-refractivity contribution in [3.8, 4) is 0 Å². The van der Waals surface area contributed by atoms with Gasteiger partial charge in [0.25, 0.3) is 10.0 Å². The second-order valence-corrected chi connectivity index (χ2v) is 5.39. The van der Waals surface area contributed by atoms with Crippen LogP contribution in [0.4, 0.5) is 5.82 Å². The fourth-order valence-electron chi connectivity index (χ4n) is 1.35. The van der Waals surface area contributed by atoms with E-state index in [2.05, 4.69) is 14.7 Å². The molecular formula is C11H11N3O3S. The van der Waals surface area contributed by atoms with E-state index in [-0.39, 0.29) is 16.3 Å². The van der Waals surface area contributed by atoms with E-state index in [0.29, 0.717) is 0 Å². The molecule has 0 spiro atoms. The average Bonchev–Trinajstić information content (AvgIpc) is 2.29. The van der Waals surface area contributed by atoms with Crippen LogP contribution in [0.3, 0.4) is 0 Å². The molecule has 2 heterocycles. The van der Waals surface area contributed by atoms with Crippen LogP contribution in [0.5, 0.6) is 0 Å². The predicted molar refractivity (Wildman–Crippen MR) is 66.8 cm³/mol. The first-order chi connectivity index (χ1) is 8.47. The molecule has 0 aliphatic carbocycles. The van der Waals surface area contributed by atoms with E-state index in [0.717, 1.165) is 17.8 Å². The number of aromatic amines is 1. The van der Waals surface area contributed by atoms with E-state index >= 15 is 0 Å². The Bertz CT molecular complexity index is 702. The largest absolute Gasteiger partial charge is 0.328 e. The van der Waals surface area contributed by atoms with Crippen molar-refractivity contribution >= 4 is 15.8 Å². The highest BCUT2D eigenvalue weighted by atomic mass is 32.2. The first-order valence-electron chi connectivity index (χ1n) is 5.11. The Morgan fingerprint density at radius 3 is 2.67 bits per heavy atom. The quantitative estimate of drug-likeness (QED) is 0.861. The van der Waals surface area contributed by atoms with E-state index in [4.69, 9.17) is 0 Å². The van der Waals surface area contributed by atoms with Crippen LogP contribution < -0.4 is 10.3 Å². The molecule has 0 bridgehead atoms. The molecule has 0 radical (unpaired) electrons. The molecule has 0 saturated carbocycles. The molecule has 18 heavy (non-hydrogen) atoms. The van der Waals surface area contributed by atoms with E-state index in [1.54, 1.807) is 12.1 Å². The van der Waals surface area contributed by atoms with E-state index in [1.807, 2.05) is 6.92 Å². The highest BCUT2D eigenvalue weighted by molar-refractivity contribution is 7.92. The SMILES string of the molecule is Cc1ccnc(NS(=O)(=O)c2ccc(=O)[nH]c2)c1. The van der Waals surface area contributed by atoms with Crippen molar-refractivity contribution < 1.29 is 8.42 Å². The molecule has 0 aliphatic heterocycles. The van der Waals surface area contributed by atoms with Gasteiger partial charge in [0, 0.05) is 18.5 Å². The fraction of sp³-hybridized carbons (Fsp3) is 0.0909. The molecule has 2 rings (SSSR count). The van der Waals surface area contributed by atoms with Crippen LogP contribution in [0.1, 0.15) is 5.56 Å². The molecule has 0 unspecified atom stereocenters. The maximum atomic E-state index is 12.0. The Morgan fingerprint density at radius 2 is 2.06 bits per heavy atom. The minimum absolute atomic E-state index is 0.0228. The van der Waals surface area contributed by atoms with Gasteiger partial charge in [0.15, 0.2) is 0 Å². The van der Waals surface area contributed by atoms with Gasteiger partial charge in [-0.1, -0.05) is 0 Å². The Balaban J connectivity index is 2.33. The van der Waals surface area contributed by atoms with Crippen molar-refractivity contribution in [1.29, 1.82) is 0 Å². The van der Waals surface area contributed by atoms with Gasteiger partial charge in [0.2, 0.25) is 5.56 Å². The number of rotatable bonds is 3. The zero-order valence-electron chi connectivity index (χ0n) is 9.54. The van der Waals surface area contributed by atoms with Crippen molar-refractivity contribution in [2.24, 2.45) is 0 Å². The van der Waals surface area contributed by atoms with Crippen molar-refractivity contribution in [2.75, 3.05) is 4.72 Å². The summed E-state index contributed by atoms with van der Waals surface area (Å²) in [5.74, 6) is 0.237. The molecule has 0 atom stereocenters. The molecule has 2 N–H and O–H groups in total. The van der Waals surface area contributed by atoms with Gasteiger partial charge in [-0.15, -0.1) is 0 Å². The zero-order chi connectivity index (χ0) is 13.2. The lowest BCUT2D eigenvalue weighted by molar-refractivity contribution is 0.600. The molecule has 94 valence electrons. The summed E-state index contributed by atoms with van der Waals surface area (Å²) >= 11 is 0. The Hall–Kier alpha value is -2.15. The third-order valence-corrected chi connectivity index (χ3v) is 3.57. The molecule has 2 aromatic heterocycles. The topological polar surface area (TPSA) is 91.9 Å². The van der Waals surface area contributed by atoms with Crippen LogP contribution in [-0.2, 0) is 10.0 Å². The highest BCUT2D eigenvalue weighted by Gasteiger charge is 2.14. The summed E-state index contributed by atoms with van der Waals surface area (Å²) in [6.45, 7) is 1.83. The van der Waals surface area contributed by atoms with Gasteiger partial charge in [-0.3, -0.25) is 9.52 Å². The molecular weight excluding hydrogens is 254 g/mol. The van der Waals surface area contributed by atoms with Crippen LogP contribution in [0.25, 0.3) is 0 Å². The first kappa shape index (κ1) is 12.3. The Labute approximate surface area is 104 Å². The Morgan fingerprint density at radius 1 is 1.28 bits per heavy atom. The third-order valence-electron chi connectivity index (χ3n) is 2.22. The summed E-state index contributed by atoms with van der Waals surface area (Å²) in [6.07, 6.45) is 2.65. The minimum Gasteiger partial charge on any atom is -0.328 e. The molecule has 6 nitrogen and oxygen atoms in total. The summed E-state index contributed by atoms with van der Waals surface area (Å²) < 4.78 is 26.2. The second kappa shape index (κ2) is 4.61. The van der Waals surface area contributed by atoms with Crippen LogP contribution >= 0.6 is 0 Å². The average molecular weight is 265 g/mol. The number of nitrogens with one attached hydrogen (secondary N) is 2. The highest BCUT2D eigenvalue weighted by Crippen LogP contribution is 2.12. The van der Waals surface area contributed by atoms with Gasteiger partial charge in [0.1, 0.15) is 10.7 Å². The summed E-state index contributed by atoms with van der Waals surface area (Å²) in [5, 5.41) is 0. The first-order valence-corrected chi connectivity index (χ1v) is 6.60. The molecule has 0 aliphatic rings. The predicted octanol–water partition coefficient (Wildman–Crippen LogP) is 0.879. The van der Waals surface area contributed by atoms with Crippen LogP contribution in [-0.4, -0.2) is 18.4 Å². The third kappa shape index (κ3) is 2.75. The number of nitrogens with zero attached hydrogens (tertiary/aromatic N) is 1. The molecule has 0 aromatic carbocycles. The summed E-state index contributed by atoms with van der Waals surface area (Å²) in [7, 11) is -3.73. The van der Waals surface area contributed by atoms with Gasteiger partial charge in [-0.25, -0.2) is 13.4 Å². The Kier molecular flexibility index (Phi) is 3.15. The number of sulfonamides is 1. The molecule has 2 aromatic rings. The van der Waals surface area contributed by atoms with Crippen LogP contribution in [0.2, 0.25) is 0 Å². The van der Waals surface area contributed by atoms with Gasteiger partial charge >= 0.3 is 0 Å². The lowest BCUT2D eigenvalue weighted by Gasteiger charge is -2.07. The lowest BCUT2D eigenvalue weighted by Crippen LogP contribution is -2.15. The lowest BCUT2D eigenvalue weighted by atomic mass is 10.3. The number of aryl methyl sites for hydroxylation is 1. The van der Waals surface area contributed by atoms with E-state index in [9.17, 15) is 13.2 Å². The van der Waals surface area contributed by atoms with E-state index < -0.39 is 10.0 Å². The molecule has 0 amide bonds. The number of anilines is 1. The van der Waals surface area contributed by atoms with Crippen molar-refractivity contribution in [3.63, 3.8) is 0 Å². The normalized spacial score (nSPS) is 11.2. The van der Waals surface area contributed by atoms with Crippen molar-refractivity contribution in [1.82, 2.24) is 9.97 Å². The maximum absolute atomic E-state index is 12.0. The summed E-state index contributed by atoms with van der Waals surface area (Å²) in [6, 6.07) is 5.76. The number of aromatic nitrogens is 2. The molecule has 7 heteroatoms.